The van der Waals surface area contributed by atoms with Gasteiger partial charge < -0.3 is 10.4 Å². The molecule has 1 amide bonds. The number of carboxylic acids is 1. The molecule has 0 aliphatic carbocycles. The Hall–Kier alpha value is -1.08. The van der Waals surface area contributed by atoms with Crippen LogP contribution in [0.1, 0.15) is 23.2 Å². The van der Waals surface area contributed by atoms with Crippen LogP contribution in [-0.4, -0.2) is 34.0 Å². The number of nitrogens with one attached hydrogen (secondary N) is 1. The smallest absolute Gasteiger partial charge is 0.329 e. The van der Waals surface area contributed by atoms with Crippen LogP contribution in [0, 0.1) is 5.82 Å². The van der Waals surface area contributed by atoms with Crippen molar-refractivity contribution in [1.29, 1.82) is 0 Å². The highest BCUT2D eigenvalue weighted by atomic mass is 79.9. The molecular weight excluding hydrogens is 349 g/mol. The van der Waals surface area contributed by atoms with Gasteiger partial charge in [0.25, 0.3) is 5.91 Å². The second-order valence-corrected chi connectivity index (χ2v) is 6.72. The third kappa shape index (κ3) is 3.15. The molecule has 1 aliphatic rings. The molecule has 2 N–H and O–H groups in total. The highest BCUT2D eigenvalue weighted by Gasteiger charge is 2.41. The molecule has 1 fully saturated rings. The number of aliphatic carboxylic acids is 1. The largest absolute Gasteiger partial charge is 0.480 e. The second-order valence-electron chi connectivity index (χ2n) is 4.58. The topological polar surface area (TPSA) is 66.4 Å². The lowest BCUT2D eigenvalue weighted by molar-refractivity contribution is -0.144. The van der Waals surface area contributed by atoms with E-state index >= 15 is 0 Å². The summed E-state index contributed by atoms with van der Waals surface area (Å²) >= 11 is 4.81. The van der Waals surface area contributed by atoms with E-state index in [2.05, 4.69) is 21.2 Å². The maximum atomic E-state index is 13.7. The minimum absolute atomic E-state index is 0.154. The molecule has 1 aromatic carbocycles. The summed E-state index contributed by atoms with van der Waals surface area (Å²) in [4.78, 5) is 23.6. The third-order valence-corrected chi connectivity index (χ3v) is 4.76. The van der Waals surface area contributed by atoms with E-state index in [-0.39, 0.29) is 5.56 Å². The zero-order valence-corrected chi connectivity index (χ0v) is 12.9. The van der Waals surface area contributed by atoms with Crippen molar-refractivity contribution in [2.75, 3.05) is 11.5 Å². The van der Waals surface area contributed by atoms with Crippen molar-refractivity contribution in [3.05, 3.63) is 34.1 Å². The summed E-state index contributed by atoms with van der Waals surface area (Å²) in [7, 11) is 0. The predicted molar refractivity (Wildman–Crippen MR) is 78.5 cm³/mol. The van der Waals surface area contributed by atoms with Crippen molar-refractivity contribution in [2.24, 2.45) is 0 Å². The molecule has 7 heteroatoms. The lowest BCUT2D eigenvalue weighted by Gasteiger charge is -2.33. The minimum Gasteiger partial charge on any atom is -0.480 e. The summed E-state index contributed by atoms with van der Waals surface area (Å²) in [5.41, 5.74) is -1.45. The van der Waals surface area contributed by atoms with E-state index < -0.39 is 23.2 Å². The van der Waals surface area contributed by atoms with Gasteiger partial charge in [0.1, 0.15) is 11.4 Å². The number of benzene rings is 1. The van der Waals surface area contributed by atoms with Gasteiger partial charge in [0, 0.05) is 4.47 Å². The van der Waals surface area contributed by atoms with E-state index in [1.165, 1.54) is 18.2 Å². The number of hydrogen-bond acceptors (Lipinski definition) is 3. The molecule has 0 bridgehead atoms. The first-order valence-electron chi connectivity index (χ1n) is 6.03. The molecule has 1 saturated heterocycles. The van der Waals surface area contributed by atoms with Crippen molar-refractivity contribution >= 4 is 39.6 Å². The van der Waals surface area contributed by atoms with E-state index in [9.17, 15) is 19.1 Å². The van der Waals surface area contributed by atoms with Gasteiger partial charge in [-0.1, -0.05) is 15.9 Å². The number of rotatable bonds is 3. The maximum absolute atomic E-state index is 13.7. The zero-order valence-electron chi connectivity index (χ0n) is 10.5. The van der Waals surface area contributed by atoms with E-state index in [1.54, 1.807) is 11.8 Å². The van der Waals surface area contributed by atoms with Crippen LogP contribution in [0.25, 0.3) is 0 Å². The number of amides is 1. The molecule has 2 rings (SSSR count). The number of carbonyl (C=O) groups excluding carboxylic acids is 1. The highest BCUT2D eigenvalue weighted by molar-refractivity contribution is 9.10. The Morgan fingerprint density at radius 1 is 1.35 bits per heavy atom. The maximum Gasteiger partial charge on any atom is 0.329 e. The fourth-order valence-electron chi connectivity index (χ4n) is 2.07. The molecule has 0 unspecified atom stereocenters. The van der Waals surface area contributed by atoms with Crippen LogP contribution >= 0.6 is 27.7 Å². The first-order chi connectivity index (χ1) is 9.44. The first-order valence-corrected chi connectivity index (χ1v) is 7.98. The number of carbonyl (C=O) groups is 2. The number of thioether (sulfide) groups is 1. The number of carboxylic acid groups (broad SMARTS) is 1. The average molecular weight is 362 g/mol. The van der Waals surface area contributed by atoms with Crippen LogP contribution in [-0.2, 0) is 4.79 Å². The van der Waals surface area contributed by atoms with Crippen molar-refractivity contribution < 1.29 is 19.1 Å². The molecule has 108 valence electrons. The lowest BCUT2D eigenvalue weighted by Crippen LogP contribution is -2.56. The van der Waals surface area contributed by atoms with Gasteiger partial charge in [0.2, 0.25) is 0 Å². The summed E-state index contributed by atoms with van der Waals surface area (Å²) in [6.07, 6.45) is 0.683. The summed E-state index contributed by atoms with van der Waals surface area (Å²) in [5, 5.41) is 11.9. The Morgan fingerprint density at radius 2 is 2.00 bits per heavy atom. The number of halogens is 2. The molecular formula is C13H13BrFNO3S. The minimum atomic E-state index is -1.29. The van der Waals surface area contributed by atoms with Crippen molar-refractivity contribution in [3.63, 3.8) is 0 Å². The average Bonchev–Trinajstić information content (AvgIpc) is 2.42. The third-order valence-electron chi connectivity index (χ3n) is 3.28. The quantitative estimate of drug-likeness (QED) is 0.868. The van der Waals surface area contributed by atoms with Gasteiger partial charge in [0.05, 0.1) is 5.56 Å². The van der Waals surface area contributed by atoms with Gasteiger partial charge in [-0.25, -0.2) is 9.18 Å². The normalized spacial score (nSPS) is 17.5. The Labute approximate surface area is 128 Å². The molecule has 1 aliphatic heterocycles. The van der Waals surface area contributed by atoms with Gasteiger partial charge in [0.15, 0.2) is 0 Å². The summed E-state index contributed by atoms with van der Waals surface area (Å²) < 4.78 is 14.2. The molecule has 20 heavy (non-hydrogen) atoms. The Kier molecular flexibility index (Phi) is 4.70. The van der Waals surface area contributed by atoms with Gasteiger partial charge in [-0.05, 0) is 42.5 Å². The first kappa shape index (κ1) is 15.3. The fraction of sp³-hybridized carbons (Fsp3) is 0.385. The molecule has 1 heterocycles. The van der Waals surface area contributed by atoms with E-state index in [4.69, 9.17) is 0 Å². The highest BCUT2D eigenvalue weighted by Crippen LogP contribution is 2.28. The molecule has 0 saturated carbocycles. The Bertz CT molecular complexity index is 546. The zero-order chi connectivity index (χ0) is 14.8. The molecule has 0 atom stereocenters. The summed E-state index contributed by atoms with van der Waals surface area (Å²) in [6.45, 7) is 0. The van der Waals surface area contributed by atoms with Crippen LogP contribution in [0.5, 0.6) is 0 Å². The lowest BCUT2D eigenvalue weighted by atomic mass is 9.92. The SMILES string of the molecule is O=C(NC1(C(=O)O)CCSCC1)c1cc(Br)ccc1F. The summed E-state index contributed by atoms with van der Waals surface area (Å²) in [6, 6.07) is 4.00. The van der Waals surface area contributed by atoms with E-state index in [0.29, 0.717) is 28.8 Å². The molecule has 1 aromatic rings. The van der Waals surface area contributed by atoms with Crippen molar-refractivity contribution in [3.8, 4) is 0 Å². The van der Waals surface area contributed by atoms with Gasteiger partial charge >= 0.3 is 5.97 Å². The van der Waals surface area contributed by atoms with Crippen LogP contribution in [0.2, 0.25) is 0 Å². The van der Waals surface area contributed by atoms with Gasteiger partial charge in [-0.2, -0.15) is 11.8 Å². The fourth-order valence-corrected chi connectivity index (χ4v) is 3.62. The van der Waals surface area contributed by atoms with Crippen LogP contribution in [0.3, 0.4) is 0 Å². The second kappa shape index (κ2) is 6.13. The van der Waals surface area contributed by atoms with Crippen LogP contribution < -0.4 is 5.32 Å². The summed E-state index contributed by atoms with van der Waals surface area (Å²) in [5.74, 6) is -1.11. The van der Waals surface area contributed by atoms with Crippen LogP contribution in [0.15, 0.2) is 22.7 Å². The monoisotopic (exact) mass is 361 g/mol. The van der Waals surface area contributed by atoms with Gasteiger partial charge in [-0.3, -0.25) is 4.79 Å². The Balaban J connectivity index is 2.24. The predicted octanol–water partition coefficient (Wildman–Crippen LogP) is 2.67. The van der Waals surface area contributed by atoms with E-state index in [1.807, 2.05) is 0 Å². The number of hydrogen-bond donors (Lipinski definition) is 2. The van der Waals surface area contributed by atoms with E-state index in [0.717, 1.165) is 0 Å². The van der Waals surface area contributed by atoms with Crippen molar-refractivity contribution in [2.45, 2.75) is 18.4 Å². The Morgan fingerprint density at radius 3 is 2.60 bits per heavy atom. The molecule has 4 nitrogen and oxygen atoms in total. The molecule has 0 radical (unpaired) electrons. The van der Waals surface area contributed by atoms with Gasteiger partial charge in [-0.15, -0.1) is 0 Å². The van der Waals surface area contributed by atoms with Crippen LogP contribution in [0.4, 0.5) is 4.39 Å². The standard InChI is InChI=1S/C13H13BrFNO3S/c14-8-1-2-10(15)9(7-8)11(17)16-13(12(18)19)3-5-20-6-4-13/h1-2,7H,3-6H2,(H,16,17)(H,18,19). The molecule has 0 aromatic heterocycles. The van der Waals surface area contributed by atoms with Crippen molar-refractivity contribution in [1.82, 2.24) is 5.32 Å². The molecule has 0 spiro atoms.